The summed E-state index contributed by atoms with van der Waals surface area (Å²) in [5.74, 6) is -0.0906. The molecule has 2 atom stereocenters. The summed E-state index contributed by atoms with van der Waals surface area (Å²) in [7, 11) is 3.43. The molecule has 38 heavy (non-hydrogen) atoms. The number of carbonyl (C=O) groups is 2. The second-order valence-electron chi connectivity index (χ2n) is 10.3. The van der Waals surface area contributed by atoms with Crippen LogP contribution in [0.4, 0.5) is 0 Å². The summed E-state index contributed by atoms with van der Waals surface area (Å²) in [6.07, 6.45) is 15.5. The summed E-state index contributed by atoms with van der Waals surface area (Å²) in [6, 6.07) is 4.79. The van der Waals surface area contributed by atoms with Gasteiger partial charge in [-0.05, 0) is 49.7 Å². The minimum Gasteiger partial charge on any atom is -0.461 e. The van der Waals surface area contributed by atoms with E-state index in [2.05, 4.69) is 18.8 Å². The summed E-state index contributed by atoms with van der Waals surface area (Å²) >= 11 is 0. The zero-order valence-electron chi connectivity index (χ0n) is 24.5. The molecule has 0 saturated carbocycles. The number of esters is 2. The number of ether oxygens (including phenoxy) is 4. The summed E-state index contributed by atoms with van der Waals surface area (Å²) < 4.78 is 21.5. The van der Waals surface area contributed by atoms with Crippen molar-refractivity contribution in [2.75, 3.05) is 40.6 Å². The van der Waals surface area contributed by atoms with Crippen LogP contribution < -0.4 is 0 Å². The van der Waals surface area contributed by atoms with Gasteiger partial charge in [0.1, 0.15) is 11.4 Å². The SMILES string of the molecule is CCCCCCC(CCOC)CCOC(=O)c1cccc(C(=O)OCCC(CCCCCC)CCOC)n1. The lowest BCUT2D eigenvalue weighted by Gasteiger charge is -2.17. The Morgan fingerprint density at radius 1 is 0.632 bits per heavy atom. The number of rotatable bonds is 24. The average Bonchev–Trinajstić information content (AvgIpc) is 2.94. The van der Waals surface area contributed by atoms with E-state index in [0.29, 0.717) is 38.3 Å². The topological polar surface area (TPSA) is 84.0 Å². The summed E-state index contributed by atoms with van der Waals surface area (Å²) in [5, 5.41) is 0. The van der Waals surface area contributed by atoms with E-state index in [0.717, 1.165) is 38.5 Å². The van der Waals surface area contributed by atoms with Crippen LogP contribution in [0.3, 0.4) is 0 Å². The van der Waals surface area contributed by atoms with Gasteiger partial charge in [0.25, 0.3) is 0 Å². The number of carbonyl (C=O) groups excluding carboxylic acids is 2. The molecular weight excluding hydrogens is 482 g/mol. The van der Waals surface area contributed by atoms with E-state index in [9.17, 15) is 9.59 Å². The Balaban J connectivity index is 2.51. The Hall–Kier alpha value is -1.99. The third-order valence-corrected chi connectivity index (χ3v) is 7.08. The minimum absolute atomic E-state index is 0.129. The first-order valence-corrected chi connectivity index (χ1v) is 14.8. The monoisotopic (exact) mass is 535 g/mol. The molecule has 7 nitrogen and oxygen atoms in total. The fourth-order valence-corrected chi connectivity index (χ4v) is 4.60. The van der Waals surface area contributed by atoms with E-state index in [4.69, 9.17) is 18.9 Å². The van der Waals surface area contributed by atoms with Crippen LogP contribution in [-0.2, 0) is 18.9 Å². The van der Waals surface area contributed by atoms with E-state index < -0.39 is 11.9 Å². The van der Waals surface area contributed by atoms with Gasteiger partial charge in [-0.25, -0.2) is 14.6 Å². The predicted molar refractivity (Wildman–Crippen MR) is 152 cm³/mol. The molecule has 0 radical (unpaired) electrons. The first-order valence-electron chi connectivity index (χ1n) is 14.8. The fraction of sp³-hybridized carbons (Fsp3) is 0.774. The predicted octanol–water partition coefficient (Wildman–Crippen LogP) is 7.42. The number of pyridine rings is 1. The molecule has 1 aromatic rings. The third-order valence-electron chi connectivity index (χ3n) is 7.08. The molecule has 0 aliphatic rings. The Labute approximate surface area is 231 Å². The molecule has 1 rings (SSSR count). The molecule has 0 aliphatic heterocycles. The lowest BCUT2D eigenvalue weighted by Crippen LogP contribution is -2.16. The van der Waals surface area contributed by atoms with Crippen LogP contribution in [0, 0.1) is 11.8 Å². The van der Waals surface area contributed by atoms with E-state index in [1.165, 1.54) is 51.4 Å². The van der Waals surface area contributed by atoms with E-state index in [1.807, 2.05) is 0 Å². The number of nitrogens with zero attached hydrogens (tertiary/aromatic N) is 1. The van der Waals surface area contributed by atoms with Gasteiger partial charge in [0.2, 0.25) is 0 Å². The maximum Gasteiger partial charge on any atom is 0.356 e. The van der Waals surface area contributed by atoms with Gasteiger partial charge in [0.05, 0.1) is 13.2 Å². The van der Waals surface area contributed by atoms with Crippen molar-refractivity contribution in [1.29, 1.82) is 0 Å². The van der Waals surface area contributed by atoms with Crippen LogP contribution in [-0.4, -0.2) is 57.6 Å². The summed E-state index contributed by atoms with van der Waals surface area (Å²) in [6.45, 7) is 6.51. The molecule has 0 aromatic carbocycles. The fourth-order valence-electron chi connectivity index (χ4n) is 4.60. The van der Waals surface area contributed by atoms with Crippen LogP contribution in [0.2, 0.25) is 0 Å². The highest BCUT2D eigenvalue weighted by molar-refractivity contribution is 5.91. The van der Waals surface area contributed by atoms with Crippen molar-refractivity contribution in [3.8, 4) is 0 Å². The van der Waals surface area contributed by atoms with E-state index in [1.54, 1.807) is 32.4 Å². The molecule has 0 aliphatic carbocycles. The van der Waals surface area contributed by atoms with Crippen LogP contribution >= 0.6 is 0 Å². The van der Waals surface area contributed by atoms with Gasteiger partial charge in [0, 0.05) is 27.4 Å². The van der Waals surface area contributed by atoms with Crippen molar-refractivity contribution in [3.63, 3.8) is 0 Å². The molecule has 2 unspecified atom stereocenters. The molecular formula is C31H53NO6. The standard InChI is InChI=1S/C31H53NO6/c1-5-7-9-11-14-26(18-22-35-3)20-24-37-30(33)28-16-13-17-29(32-28)31(34)38-25-21-27(19-23-36-4)15-12-10-8-6-2/h13,16-17,26-27H,5-12,14-15,18-25H2,1-4H3. The zero-order chi connectivity index (χ0) is 27.8. The van der Waals surface area contributed by atoms with Crippen LogP contribution in [0.5, 0.6) is 0 Å². The molecule has 1 aromatic heterocycles. The molecule has 0 amide bonds. The molecule has 0 N–H and O–H groups in total. The Bertz CT molecular complexity index is 684. The van der Waals surface area contributed by atoms with Gasteiger partial charge in [0.15, 0.2) is 0 Å². The van der Waals surface area contributed by atoms with Crippen LogP contribution in [0.25, 0.3) is 0 Å². The Morgan fingerprint density at radius 2 is 1.05 bits per heavy atom. The quantitative estimate of drug-likeness (QED) is 0.101. The first-order chi connectivity index (χ1) is 18.5. The minimum atomic E-state index is -0.511. The van der Waals surface area contributed by atoms with E-state index in [-0.39, 0.29) is 11.4 Å². The molecule has 7 heteroatoms. The normalized spacial score (nSPS) is 12.7. The van der Waals surface area contributed by atoms with Gasteiger partial charge >= 0.3 is 11.9 Å². The second kappa shape index (κ2) is 22.9. The van der Waals surface area contributed by atoms with Crippen molar-refractivity contribution in [1.82, 2.24) is 4.98 Å². The highest BCUT2D eigenvalue weighted by atomic mass is 16.5. The van der Waals surface area contributed by atoms with Crippen LogP contribution in [0.1, 0.15) is 125 Å². The van der Waals surface area contributed by atoms with Crippen molar-refractivity contribution in [3.05, 3.63) is 29.6 Å². The van der Waals surface area contributed by atoms with Crippen LogP contribution in [0.15, 0.2) is 18.2 Å². The highest BCUT2D eigenvalue weighted by Gasteiger charge is 2.17. The molecule has 1 heterocycles. The van der Waals surface area contributed by atoms with Gasteiger partial charge < -0.3 is 18.9 Å². The zero-order valence-corrected chi connectivity index (χ0v) is 24.5. The lowest BCUT2D eigenvalue weighted by atomic mass is 9.95. The largest absolute Gasteiger partial charge is 0.461 e. The van der Waals surface area contributed by atoms with Gasteiger partial charge in [-0.1, -0.05) is 84.1 Å². The molecule has 0 saturated heterocycles. The summed E-state index contributed by atoms with van der Waals surface area (Å²) in [4.78, 5) is 29.4. The van der Waals surface area contributed by atoms with Gasteiger partial charge in [-0.2, -0.15) is 0 Å². The maximum atomic E-state index is 12.6. The average molecular weight is 536 g/mol. The maximum absolute atomic E-state index is 12.6. The highest BCUT2D eigenvalue weighted by Crippen LogP contribution is 2.20. The van der Waals surface area contributed by atoms with E-state index >= 15 is 0 Å². The number of hydrogen-bond acceptors (Lipinski definition) is 7. The Morgan fingerprint density at radius 3 is 1.45 bits per heavy atom. The molecule has 218 valence electrons. The number of unbranched alkanes of at least 4 members (excludes halogenated alkanes) is 6. The molecule has 0 bridgehead atoms. The number of methoxy groups -OCH3 is 2. The molecule has 0 spiro atoms. The molecule has 0 fully saturated rings. The number of hydrogen-bond donors (Lipinski definition) is 0. The van der Waals surface area contributed by atoms with Crippen molar-refractivity contribution in [2.45, 2.75) is 104 Å². The summed E-state index contributed by atoms with van der Waals surface area (Å²) in [5.41, 5.74) is 0.259. The second-order valence-corrected chi connectivity index (χ2v) is 10.3. The van der Waals surface area contributed by atoms with Gasteiger partial charge in [-0.15, -0.1) is 0 Å². The lowest BCUT2D eigenvalue weighted by molar-refractivity contribution is 0.0457. The van der Waals surface area contributed by atoms with Crippen molar-refractivity contribution >= 4 is 11.9 Å². The Kier molecular flexibility index (Phi) is 20.6. The first kappa shape index (κ1) is 34.0. The van der Waals surface area contributed by atoms with Gasteiger partial charge in [-0.3, -0.25) is 0 Å². The smallest absolute Gasteiger partial charge is 0.356 e. The van der Waals surface area contributed by atoms with Crippen molar-refractivity contribution < 1.29 is 28.5 Å². The number of aromatic nitrogens is 1. The van der Waals surface area contributed by atoms with Crippen molar-refractivity contribution in [2.24, 2.45) is 11.8 Å². The third kappa shape index (κ3) is 16.1.